The molecule has 0 atom stereocenters. The number of hydrogen-bond donors (Lipinski definition) is 0. The molecule has 0 unspecified atom stereocenters. The summed E-state index contributed by atoms with van der Waals surface area (Å²) < 4.78 is 6.65. The summed E-state index contributed by atoms with van der Waals surface area (Å²) in [5.74, 6) is 0.599. The molecule has 3 nitrogen and oxygen atoms in total. The molecular weight excluding hydrogens is 258 g/mol. The highest BCUT2D eigenvalue weighted by Gasteiger charge is 2.13. The number of benzene rings is 1. The van der Waals surface area contributed by atoms with Crippen molar-refractivity contribution in [1.82, 2.24) is 0 Å². The largest absolute Gasteiger partial charge is 0.465 e. The second-order valence-corrected chi connectivity index (χ2v) is 5.13. The summed E-state index contributed by atoms with van der Waals surface area (Å²) in [6.07, 6.45) is 1.79. The molecule has 2 aromatic rings. The first kappa shape index (κ1) is 13.6. The van der Waals surface area contributed by atoms with Crippen molar-refractivity contribution in [3.63, 3.8) is 0 Å². The lowest BCUT2D eigenvalue weighted by Crippen LogP contribution is -2.31. The van der Waals surface area contributed by atoms with Gasteiger partial charge in [0.25, 0.3) is 0 Å². The highest BCUT2D eigenvalue weighted by molar-refractivity contribution is 7.98. The summed E-state index contributed by atoms with van der Waals surface area (Å²) in [4.78, 5) is 11.4. The molecule has 19 heavy (non-hydrogen) atoms. The number of rotatable bonds is 4. The number of hydrogen-bond acceptors (Lipinski definition) is 3. The number of esters is 1. The molecule has 0 radical (unpaired) electrons. The van der Waals surface area contributed by atoms with Crippen LogP contribution >= 0.6 is 11.8 Å². The minimum atomic E-state index is -0.310. The van der Waals surface area contributed by atoms with Gasteiger partial charge in [-0.3, -0.25) is 0 Å². The lowest BCUT2D eigenvalue weighted by atomic mass is 10.2. The van der Waals surface area contributed by atoms with E-state index in [1.54, 1.807) is 24.0 Å². The van der Waals surface area contributed by atoms with Crippen LogP contribution in [0.5, 0.6) is 0 Å². The molecule has 0 fully saturated rings. The van der Waals surface area contributed by atoms with E-state index in [1.165, 1.54) is 12.7 Å². The molecule has 0 amide bonds. The fourth-order valence-electron chi connectivity index (χ4n) is 1.71. The van der Waals surface area contributed by atoms with Gasteiger partial charge in [0.1, 0.15) is 12.6 Å². The standard InChI is InChI=1S/C15H16NO2S/c1-16-10-13(15(17)18-2)8-9-14(16)19-11-12-6-4-3-5-7-12/h3-10H,11H2,1-2H3/q+1. The van der Waals surface area contributed by atoms with Crippen LogP contribution in [0.3, 0.4) is 0 Å². The Balaban J connectivity index is 2.07. The molecule has 2 rings (SSSR count). The lowest BCUT2D eigenvalue weighted by molar-refractivity contribution is -0.709. The van der Waals surface area contributed by atoms with Crippen molar-refractivity contribution in [2.24, 2.45) is 7.05 Å². The van der Waals surface area contributed by atoms with Crippen LogP contribution < -0.4 is 4.57 Å². The third-order valence-corrected chi connectivity index (χ3v) is 3.93. The topological polar surface area (TPSA) is 30.2 Å². The Kier molecular flexibility index (Phi) is 4.58. The molecule has 0 aliphatic rings. The Morgan fingerprint density at radius 1 is 1.21 bits per heavy atom. The van der Waals surface area contributed by atoms with Crippen LogP contribution in [-0.2, 0) is 17.5 Å². The van der Waals surface area contributed by atoms with E-state index in [-0.39, 0.29) is 5.97 Å². The highest BCUT2D eigenvalue weighted by Crippen LogP contribution is 2.19. The van der Waals surface area contributed by atoms with Gasteiger partial charge in [0.2, 0.25) is 5.03 Å². The second-order valence-electron chi connectivity index (χ2n) is 4.13. The van der Waals surface area contributed by atoms with E-state index in [1.807, 2.05) is 35.9 Å². The number of carbonyl (C=O) groups excluding carboxylic acids is 1. The zero-order valence-electron chi connectivity index (χ0n) is 11.0. The van der Waals surface area contributed by atoms with Gasteiger partial charge in [0, 0.05) is 11.8 Å². The molecule has 0 aliphatic heterocycles. The number of aromatic nitrogens is 1. The quantitative estimate of drug-likeness (QED) is 0.488. The first-order chi connectivity index (χ1) is 9.20. The van der Waals surface area contributed by atoms with Crippen molar-refractivity contribution in [2.45, 2.75) is 10.8 Å². The average molecular weight is 274 g/mol. The molecule has 98 valence electrons. The Bertz CT molecular complexity index is 570. The monoisotopic (exact) mass is 274 g/mol. The molecule has 4 heteroatoms. The van der Waals surface area contributed by atoms with E-state index >= 15 is 0 Å². The van der Waals surface area contributed by atoms with Crippen LogP contribution in [0.15, 0.2) is 53.7 Å². The Labute approximate surface area is 117 Å². The summed E-state index contributed by atoms with van der Waals surface area (Å²) in [6, 6.07) is 14.0. The number of ether oxygens (including phenoxy) is 1. The van der Waals surface area contributed by atoms with Gasteiger partial charge < -0.3 is 4.74 Å². The maximum absolute atomic E-state index is 11.4. The number of methoxy groups -OCH3 is 1. The molecule has 0 saturated carbocycles. The third kappa shape index (κ3) is 3.58. The molecule has 0 spiro atoms. The van der Waals surface area contributed by atoms with Crippen LogP contribution in [0.25, 0.3) is 0 Å². The number of nitrogens with zero attached hydrogens (tertiary/aromatic N) is 1. The predicted octanol–water partition coefficient (Wildman–Crippen LogP) is 2.59. The van der Waals surface area contributed by atoms with E-state index in [9.17, 15) is 4.79 Å². The van der Waals surface area contributed by atoms with Crippen LogP contribution in [0.4, 0.5) is 0 Å². The zero-order valence-corrected chi connectivity index (χ0v) is 11.8. The van der Waals surface area contributed by atoms with Gasteiger partial charge in [-0.1, -0.05) is 42.1 Å². The molecule has 0 aliphatic carbocycles. The minimum absolute atomic E-state index is 0.310. The van der Waals surface area contributed by atoms with Crippen LogP contribution in [0, 0.1) is 0 Å². The van der Waals surface area contributed by atoms with Gasteiger partial charge in [0.05, 0.1) is 7.11 Å². The van der Waals surface area contributed by atoms with E-state index < -0.39 is 0 Å². The number of pyridine rings is 1. The molecule has 0 bridgehead atoms. The summed E-state index contributed by atoms with van der Waals surface area (Å²) in [5.41, 5.74) is 1.85. The Morgan fingerprint density at radius 3 is 2.58 bits per heavy atom. The summed E-state index contributed by atoms with van der Waals surface area (Å²) in [7, 11) is 3.32. The van der Waals surface area contributed by atoms with Gasteiger partial charge in [0.15, 0.2) is 6.20 Å². The molecule has 1 heterocycles. The van der Waals surface area contributed by atoms with E-state index in [2.05, 4.69) is 12.1 Å². The van der Waals surface area contributed by atoms with Crippen molar-refractivity contribution in [3.05, 3.63) is 59.8 Å². The summed E-state index contributed by atoms with van der Waals surface area (Å²) >= 11 is 1.74. The summed E-state index contributed by atoms with van der Waals surface area (Å²) in [6.45, 7) is 0. The van der Waals surface area contributed by atoms with Gasteiger partial charge in [-0.05, 0) is 11.6 Å². The molecule has 1 aromatic heterocycles. The maximum atomic E-state index is 11.4. The minimum Gasteiger partial charge on any atom is -0.465 e. The van der Waals surface area contributed by atoms with E-state index in [4.69, 9.17) is 4.74 Å². The summed E-state index contributed by atoms with van der Waals surface area (Å²) in [5, 5.41) is 1.11. The molecule has 1 aromatic carbocycles. The number of thioether (sulfide) groups is 1. The average Bonchev–Trinajstić information content (AvgIpc) is 2.46. The molecule has 0 saturated heterocycles. The first-order valence-electron chi connectivity index (χ1n) is 5.95. The van der Waals surface area contributed by atoms with Crippen molar-refractivity contribution in [3.8, 4) is 0 Å². The van der Waals surface area contributed by atoms with Crippen LogP contribution in [0.2, 0.25) is 0 Å². The smallest absolute Gasteiger partial charge is 0.343 e. The fourth-order valence-corrected chi connectivity index (χ4v) is 2.64. The first-order valence-corrected chi connectivity index (χ1v) is 6.94. The normalized spacial score (nSPS) is 10.2. The van der Waals surface area contributed by atoms with Crippen molar-refractivity contribution >= 4 is 17.7 Å². The van der Waals surface area contributed by atoms with Gasteiger partial charge in [-0.25, -0.2) is 4.79 Å². The highest BCUT2D eigenvalue weighted by atomic mass is 32.2. The van der Waals surface area contributed by atoms with Crippen molar-refractivity contribution < 1.29 is 14.1 Å². The second kappa shape index (κ2) is 6.38. The third-order valence-electron chi connectivity index (χ3n) is 2.74. The number of aryl methyl sites for hydroxylation is 1. The van der Waals surface area contributed by atoms with Gasteiger partial charge in [-0.2, -0.15) is 4.57 Å². The SMILES string of the molecule is COC(=O)c1ccc(SCc2ccccc2)[n+](C)c1. The molecular formula is C15H16NO2S+. The van der Waals surface area contributed by atoms with Gasteiger partial charge in [-0.15, -0.1) is 0 Å². The Morgan fingerprint density at radius 2 is 1.95 bits per heavy atom. The van der Waals surface area contributed by atoms with Gasteiger partial charge >= 0.3 is 5.97 Å². The van der Waals surface area contributed by atoms with Crippen molar-refractivity contribution in [2.75, 3.05) is 7.11 Å². The van der Waals surface area contributed by atoms with Crippen LogP contribution in [-0.4, -0.2) is 13.1 Å². The maximum Gasteiger partial charge on any atom is 0.343 e. The number of carbonyl (C=O) groups is 1. The van der Waals surface area contributed by atoms with E-state index in [0.717, 1.165) is 10.8 Å². The Hall–Kier alpha value is -1.81. The lowest BCUT2D eigenvalue weighted by Gasteiger charge is -2.02. The predicted molar refractivity (Wildman–Crippen MR) is 75.0 cm³/mol. The zero-order chi connectivity index (χ0) is 13.7. The van der Waals surface area contributed by atoms with Crippen molar-refractivity contribution in [1.29, 1.82) is 0 Å². The fraction of sp³-hybridized carbons (Fsp3) is 0.200. The van der Waals surface area contributed by atoms with Crippen LogP contribution in [0.1, 0.15) is 15.9 Å². The van der Waals surface area contributed by atoms with E-state index in [0.29, 0.717) is 5.56 Å². The molecule has 0 N–H and O–H groups in total.